The van der Waals surface area contributed by atoms with Crippen LogP contribution in [0.2, 0.25) is 0 Å². The molecule has 15 heteroatoms. The fraction of sp³-hybridized carbons (Fsp3) is 0.944. The number of hydrogen-bond acceptors (Lipinski definition) is 14. The van der Waals surface area contributed by atoms with Gasteiger partial charge in [0.05, 0.1) is 41.5 Å². The maximum atomic E-state index is 14.1. The van der Waals surface area contributed by atoms with Crippen LogP contribution in [0.5, 0.6) is 0 Å². The van der Waals surface area contributed by atoms with Gasteiger partial charge in [-0.15, -0.1) is 0 Å². The molecule has 0 aromatic carbocycles. The molecule has 0 spiro atoms. The van der Waals surface area contributed by atoms with E-state index in [1.807, 2.05) is 25.9 Å². The SMILES string of the molecule is CC[C@H]1OC(=O)[C@H](C)[C@@H](O[C@H]2C[C@@](C)(OC)[C@@H](O)[C@H](C)O2)[C@H](C)[C@@H](O[C@@H]2O[C@H](C)C[C@H](N(C)C)[C@H]2O)[C@](C)(O)C[C@@H](C)C(=O)N(C)[C@@H](O)[C@]1(C)O. The number of ether oxygens (including phenoxy) is 6. The lowest BCUT2D eigenvalue weighted by molar-refractivity contribution is -0.318. The van der Waals surface area contributed by atoms with Crippen molar-refractivity contribution in [3.8, 4) is 0 Å². The van der Waals surface area contributed by atoms with Crippen LogP contribution < -0.4 is 0 Å². The van der Waals surface area contributed by atoms with Crippen molar-refractivity contribution in [2.75, 3.05) is 28.3 Å². The molecule has 3 fully saturated rings. The van der Waals surface area contributed by atoms with Crippen molar-refractivity contribution in [3.63, 3.8) is 0 Å². The third-order valence-corrected chi connectivity index (χ3v) is 11.5. The second-order valence-electron chi connectivity index (χ2n) is 16.2. The van der Waals surface area contributed by atoms with Crippen molar-refractivity contribution >= 4 is 11.9 Å². The highest BCUT2D eigenvalue weighted by molar-refractivity contribution is 5.78. The van der Waals surface area contributed by atoms with Gasteiger partial charge in [-0.25, -0.2) is 0 Å². The summed E-state index contributed by atoms with van der Waals surface area (Å²) in [7, 11) is 6.50. The van der Waals surface area contributed by atoms with E-state index in [-0.39, 0.29) is 31.4 Å². The molecule has 0 unspecified atom stereocenters. The Kier molecular flexibility index (Phi) is 14.5. The van der Waals surface area contributed by atoms with Crippen LogP contribution in [-0.4, -0.2) is 160 Å². The second kappa shape index (κ2) is 16.9. The number of aliphatic hydroxyl groups excluding tert-OH is 3. The predicted octanol–water partition coefficient (Wildman–Crippen LogP) is 0.996. The van der Waals surface area contributed by atoms with Crippen molar-refractivity contribution in [2.24, 2.45) is 17.8 Å². The summed E-state index contributed by atoms with van der Waals surface area (Å²) >= 11 is 0. The summed E-state index contributed by atoms with van der Waals surface area (Å²) in [5.41, 5.74) is -4.94. The largest absolute Gasteiger partial charge is 0.459 e. The highest BCUT2D eigenvalue weighted by Gasteiger charge is 2.53. The number of amides is 1. The van der Waals surface area contributed by atoms with Gasteiger partial charge in [0.15, 0.2) is 18.8 Å². The number of hydrogen-bond donors (Lipinski definition) is 5. The van der Waals surface area contributed by atoms with Gasteiger partial charge in [-0.2, -0.15) is 0 Å². The smallest absolute Gasteiger partial charge is 0.311 e. The molecular formula is C36H66N2O13. The van der Waals surface area contributed by atoms with Gasteiger partial charge in [0.25, 0.3) is 0 Å². The summed E-state index contributed by atoms with van der Waals surface area (Å²) in [6.07, 6.45) is -10.1. The minimum Gasteiger partial charge on any atom is -0.459 e. The number of carbonyl (C=O) groups excluding carboxylic acids is 2. The molecule has 0 radical (unpaired) electrons. The van der Waals surface area contributed by atoms with Crippen molar-refractivity contribution in [1.82, 2.24) is 9.80 Å². The second-order valence-corrected chi connectivity index (χ2v) is 16.2. The number of nitrogens with zero attached hydrogens (tertiary/aromatic N) is 2. The van der Waals surface area contributed by atoms with Gasteiger partial charge in [-0.05, 0) is 74.9 Å². The van der Waals surface area contributed by atoms with Gasteiger partial charge >= 0.3 is 5.97 Å². The summed E-state index contributed by atoms with van der Waals surface area (Å²) in [4.78, 5) is 30.6. The Morgan fingerprint density at radius 1 is 0.961 bits per heavy atom. The summed E-state index contributed by atoms with van der Waals surface area (Å²) < 4.78 is 37.0. The number of cyclic esters (lactones) is 1. The first kappa shape index (κ1) is 43.9. The quantitative estimate of drug-likeness (QED) is 0.232. The molecular weight excluding hydrogens is 668 g/mol. The molecule has 3 rings (SSSR count). The monoisotopic (exact) mass is 734 g/mol. The van der Waals surface area contributed by atoms with E-state index in [4.69, 9.17) is 28.4 Å². The van der Waals surface area contributed by atoms with E-state index in [0.29, 0.717) is 6.42 Å². The number of rotatable bonds is 7. The van der Waals surface area contributed by atoms with Gasteiger partial charge in [-0.1, -0.05) is 20.8 Å². The fourth-order valence-corrected chi connectivity index (χ4v) is 8.12. The Morgan fingerprint density at radius 2 is 1.57 bits per heavy atom. The lowest BCUT2D eigenvalue weighted by Gasteiger charge is -2.49. The van der Waals surface area contributed by atoms with E-state index in [1.54, 1.807) is 41.5 Å². The van der Waals surface area contributed by atoms with Crippen LogP contribution >= 0.6 is 0 Å². The van der Waals surface area contributed by atoms with E-state index in [9.17, 15) is 35.1 Å². The van der Waals surface area contributed by atoms with Crippen LogP contribution in [0.4, 0.5) is 0 Å². The molecule has 0 aromatic rings. The Bertz CT molecular complexity index is 1170. The van der Waals surface area contributed by atoms with Crippen LogP contribution in [0.25, 0.3) is 0 Å². The average molecular weight is 735 g/mol. The van der Waals surface area contributed by atoms with Crippen LogP contribution in [-0.2, 0) is 38.0 Å². The van der Waals surface area contributed by atoms with Crippen molar-refractivity contribution in [1.29, 1.82) is 0 Å². The normalized spacial score (nSPS) is 48.3. The predicted molar refractivity (Wildman–Crippen MR) is 185 cm³/mol. The average Bonchev–Trinajstić information content (AvgIpc) is 3.05. The van der Waals surface area contributed by atoms with Gasteiger partial charge in [0.1, 0.15) is 23.9 Å². The van der Waals surface area contributed by atoms with Crippen molar-refractivity contribution in [2.45, 2.75) is 172 Å². The maximum Gasteiger partial charge on any atom is 0.311 e. The van der Waals surface area contributed by atoms with E-state index >= 15 is 0 Å². The molecule has 3 aliphatic rings. The first-order valence-corrected chi connectivity index (χ1v) is 18.2. The molecule has 0 bridgehead atoms. The highest BCUT2D eigenvalue weighted by atomic mass is 16.7. The summed E-state index contributed by atoms with van der Waals surface area (Å²) in [5.74, 6) is -4.19. The molecule has 17 atom stereocenters. The third kappa shape index (κ3) is 9.42. The molecule has 15 nitrogen and oxygen atoms in total. The van der Waals surface area contributed by atoms with Crippen LogP contribution in [0.1, 0.15) is 88.0 Å². The third-order valence-electron chi connectivity index (χ3n) is 11.5. The Balaban J connectivity index is 2.18. The van der Waals surface area contributed by atoms with Crippen molar-refractivity contribution in [3.05, 3.63) is 0 Å². The first-order chi connectivity index (χ1) is 23.4. The van der Waals surface area contributed by atoms with Crippen LogP contribution in [0.3, 0.4) is 0 Å². The molecule has 0 aliphatic carbocycles. The molecule has 1 amide bonds. The fourth-order valence-electron chi connectivity index (χ4n) is 8.12. The molecule has 5 N–H and O–H groups in total. The van der Waals surface area contributed by atoms with Crippen LogP contribution in [0.15, 0.2) is 0 Å². The van der Waals surface area contributed by atoms with E-state index in [2.05, 4.69) is 0 Å². The minimum absolute atomic E-state index is 0.0880. The lowest BCUT2D eigenvalue weighted by Crippen LogP contribution is -2.62. The molecule has 3 saturated heterocycles. The Morgan fingerprint density at radius 3 is 2.12 bits per heavy atom. The Hall–Kier alpha value is -1.50. The summed E-state index contributed by atoms with van der Waals surface area (Å²) in [6, 6.07) is -0.330. The number of carbonyl (C=O) groups is 2. The number of aliphatic hydroxyl groups is 5. The van der Waals surface area contributed by atoms with Gasteiger partial charge < -0.3 is 63.8 Å². The molecule has 3 aliphatic heterocycles. The number of methoxy groups -OCH3 is 1. The highest BCUT2D eigenvalue weighted by Crippen LogP contribution is 2.40. The van der Waals surface area contributed by atoms with Gasteiger partial charge in [0, 0.05) is 38.5 Å². The van der Waals surface area contributed by atoms with Crippen molar-refractivity contribution < 1.29 is 63.5 Å². The van der Waals surface area contributed by atoms with E-state index < -0.39 is 102 Å². The molecule has 0 saturated carbocycles. The number of likely N-dealkylation sites (N-methyl/N-ethyl adjacent to an activating group) is 2. The van der Waals surface area contributed by atoms with Gasteiger partial charge in [-0.3, -0.25) is 9.59 Å². The Labute approximate surface area is 303 Å². The molecule has 298 valence electrons. The standard InChI is InChI=1S/C36H66N2O13/c1-14-24-36(9,45)33(43)38(12)30(41)18(2)16-34(7,44)29(51-32-26(39)23(37(10)11)15-19(3)47-32)20(4)27(21(5)31(42)49-24)50-25-17-35(8,46-13)28(40)22(6)48-25/h18-29,32-33,39-40,43-45H,14-17H2,1-13H3/t18-,19-,20+,21-,22+,23+,24-,25+,26-,27+,28+,29-,32+,33+,34-,35-,36-/m1/s1. The zero-order valence-corrected chi connectivity index (χ0v) is 32.8. The zero-order chi connectivity index (χ0) is 39.0. The van der Waals surface area contributed by atoms with E-state index in [1.165, 1.54) is 28.0 Å². The first-order valence-electron chi connectivity index (χ1n) is 18.2. The molecule has 0 aromatic heterocycles. The minimum atomic E-state index is -2.07. The van der Waals surface area contributed by atoms with E-state index in [0.717, 1.165) is 4.90 Å². The van der Waals surface area contributed by atoms with Gasteiger partial charge in [0.2, 0.25) is 5.91 Å². The summed E-state index contributed by atoms with van der Waals surface area (Å²) in [6.45, 7) is 14.7. The summed E-state index contributed by atoms with van der Waals surface area (Å²) in [5, 5.41) is 57.5. The molecule has 51 heavy (non-hydrogen) atoms. The topological polar surface area (TPSA) is 197 Å². The maximum absolute atomic E-state index is 14.1. The zero-order valence-electron chi connectivity index (χ0n) is 32.8. The van der Waals surface area contributed by atoms with Crippen LogP contribution in [0, 0.1) is 17.8 Å². The number of esters is 1. The lowest BCUT2D eigenvalue weighted by atomic mass is 9.77. The molecule has 3 heterocycles.